The van der Waals surface area contributed by atoms with E-state index in [0.717, 1.165) is 18.8 Å². The van der Waals surface area contributed by atoms with Gasteiger partial charge in [-0.1, -0.05) is 97.8 Å². The molecule has 96 valence electrons. The maximum atomic E-state index is 3.88. The van der Waals surface area contributed by atoms with Crippen molar-refractivity contribution in [2.24, 2.45) is 5.92 Å². The van der Waals surface area contributed by atoms with Crippen LogP contribution < -0.4 is 0 Å². The molecule has 0 spiro atoms. The Hall–Kier alpha value is 0. The summed E-state index contributed by atoms with van der Waals surface area (Å²) >= 11 is 0. The molecule has 0 nitrogen and oxygen atoms in total. The first-order valence-corrected chi connectivity index (χ1v) is 7.39. The third kappa shape index (κ3) is 12.1. The maximum absolute atomic E-state index is 3.88. The van der Waals surface area contributed by atoms with Crippen LogP contribution in [0.25, 0.3) is 0 Å². The highest BCUT2D eigenvalue weighted by molar-refractivity contribution is 4.56. The van der Waals surface area contributed by atoms with Gasteiger partial charge in [-0.05, 0) is 5.92 Å². The molecule has 1 atom stereocenters. The van der Waals surface area contributed by atoms with Crippen LogP contribution >= 0.6 is 0 Å². The Morgan fingerprint density at radius 3 is 1.50 bits per heavy atom. The molecule has 0 aromatic carbocycles. The van der Waals surface area contributed by atoms with Crippen molar-refractivity contribution in [3.63, 3.8) is 0 Å². The lowest BCUT2D eigenvalue weighted by molar-refractivity contribution is 0.435. The van der Waals surface area contributed by atoms with Gasteiger partial charge in [-0.3, -0.25) is 0 Å². The van der Waals surface area contributed by atoms with E-state index in [2.05, 4.69) is 20.8 Å². The lowest BCUT2D eigenvalue weighted by Gasteiger charge is -2.10. The van der Waals surface area contributed by atoms with Crippen molar-refractivity contribution in [2.45, 2.75) is 84.0 Å². The molecule has 0 aromatic heterocycles. The molecule has 1 unspecified atom stereocenters. The van der Waals surface area contributed by atoms with E-state index in [4.69, 9.17) is 0 Å². The number of hydrogen-bond acceptors (Lipinski definition) is 0. The van der Waals surface area contributed by atoms with Crippen LogP contribution in [0.4, 0.5) is 0 Å². The Bertz CT molecular complexity index is 117. The molecule has 0 saturated heterocycles. The predicted octanol–water partition coefficient (Wildman–Crippen LogP) is 5.97. The first kappa shape index (κ1) is 16.0. The van der Waals surface area contributed by atoms with Crippen LogP contribution in [0, 0.1) is 19.8 Å². The zero-order chi connectivity index (χ0) is 12.1. The Labute approximate surface area is 104 Å². The van der Waals surface area contributed by atoms with Crippen molar-refractivity contribution < 1.29 is 0 Å². The lowest BCUT2D eigenvalue weighted by atomic mass is 9.96. The van der Waals surface area contributed by atoms with Gasteiger partial charge < -0.3 is 0 Å². The smallest absolute Gasteiger partial charge is 0.0443 e. The van der Waals surface area contributed by atoms with Gasteiger partial charge in [-0.15, -0.1) is 0 Å². The molecule has 0 N–H and O–H groups in total. The molecule has 0 aliphatic carbocycles. The predicted molar refractivity (Wildman–Crippen MR) is 75.3 cm³/mol. The van der Waals surface area contributed by atoms with Crippen molar-refractivity contribution in [2.75, 3.05) is 0 Å². The molecule has 0 fully saturated rings. The molecular formula is C16H32. The van der Waals surface area contributed by atoms with Crippen LogP contribution in [0.1, 0.15) is 84.0 Å². The largest absolute Gasteiger partial charge is 0.0625 e. The van der Waals surface area contributed by atoms with E-state index in [0.29, 0.717) is 0 Å². The van der Waals surface area contributed by atoms with E-state index >= 15 is 0 Å². The second-order valence-electron chi connectivity index (χ2n) is 5.22. The lowest BCUT2D eigenvalue weighted by Crippen LogP contribution is -1.95. The molecule has 2 radical (unpaired) electrons. The fourth-order valence-electron chi connectivity index (χ4n) is 2.19. The van der Waals surface area contributed by atoms with Gasteiger partial charge in [-0.2, -0.15) is 0 Å². The van der Waals surface area contributed by atoms with Crippen molar-refractivity contribution in [3.8, 4) is 0 Å². The quantitative estimate of drug-likeness (QED) is 0.358. The minimum Gasteiger partial charge on any atom is -0.0625 e. The highest BCUT2D eigenvalue weighted by Gasteiger charge is 2.01. The molecule has 16 heavy (non-hydrogen) atoms. The number of hydrogen-bond donors (Lipinski definition) is 0. The molecule has 0 heteroatoms. The van der Waals surface area contributed by atoms with Gasteiger partial charge in [0, 0.05) is 0 Å². The highest BCUT2D eigenvalue weighted by Crippen LogP contribution is 2.17. The zero-order valence-corrected chi connectivity index (χ0v) is 11.5. The highest BCUT2D eigenvalue weighted by atomic mass is 14.1. The summed E-state index contributed by atoms with van der Waals surface area (Å²) in [5.41, 5.74) is 0. The van der Waals surface area contributed by atoms with Gasteiger partial charge in [-0.25, -0.2) is 0 Å². The Balaban J connectivity index is 3.08. The summed E-state index contributed by atoms with van der Waals surface area (Å²) in [5, 5.41) is 0. The van der Waals surface area contributed by atoms with Crippen LogP contribution in [0.3, 0.4) is 0 Å². The topological polar surface area (TPSA) is 0 Å². The number of rotatable bonds is 12. The minimum atomic E-state index is 0.942. The van der Waals surface area contributed by atoms with Gasteiger partial charge in [0.1, 0.15) is 0 Å². The second kappa shape index (κ2) is 13.1. The molecular weight excluding hydrogens is 192 g/mol. The fraction of sp³-hybridized carbons (Fsp3) is 0.875. The summed E-state index contributed by atoms with van der Waals surface area (Å²) in [6.07, 6.45) is 16.2. The van der Waals surface area contributed by atoms with Crippen molar-refractivity contribution in [3.05, 3.63) is 13.8 Å². The number of unbranched alkanes of at least 4 members (excludes halogenated alkanes) is 8. The Kier molecular flexibility index (Phi) is 13.1. The van der Waals surface area contributed by atoms with E-state index < -0.39 is 0 Å². The Morgan fingerprint density at radius 2 is 1.00 bits per heavy atom. The standard InChI is InChI=1S/C16H32/c1-4-6-8-10-11-13-15-16(3)14-12-9-7-5-2/h16H,1-2,4-15H2,3H3. The summed E-state index contributed by atoms with van der Waals surface area (Å²) in [4.78, 5) is 0. The third-order valence-electron chi connectivity index (χ3n) is 3.39. The van der Waals surface area contributed by atoms with Crippen LogP contribution in [0.5, 0.6) is 0 Å². The summed E-state index contributed by atoms with van der Waals surface area (Å²) in [5.74, 6) is 0.942. The molecule has 0 saturated carbocycles. The SMILES string of the molecule is [CH2]CCCCCCCC(C)CCCCC[CH2]. The van der Waals surface area contributed by atoms with Crippen LogP contribution in [0.2, 0.25) is 0 Å². The second-order valence-corrected chi connectivity index (χ2v) is 5.22. The molecule has 0 aliphatic rings. The van der Waals surface area contributed by atoms with Gasteiger partial charge in [0.15, 0.2) is 0 Å². The van der Waals surface area contributed by atoms with Crippen LogP contribution in [0.15, 0.2) is 0 Å². The van der Waals surface area contributed by atoms with Gasteiger partial charge in [0.2, 0.25) is 0 Å². The summed E-state index contributed by atoms with van der Waals surface area (Å²) < 4.78 is 0. The van der Waals surface area contributed by atoms with E-state index in [9.17, 15) is 0 Å². The first-order valence-electron chi connectivity index (χ1n) is 7.39. The van der Waals surface area contributed by atoms with E-state index in [1.54, 1.807) is 0 Å². The van der Waals surface area contributed by atoms with Gasteiger partial charge >= 0.3 is 0 Å². The van der Waals surface area contributed by atoms with E-state index in [1.165, 1.54) is 64.2 Å². The average molecular weight is 224 g/mol. The average Bonchev–Trinajstić information content (AvgIpc) is 2.29. The molecule has 0 bridgehead atoms. The maximum Gasteiger partial charge on any atom is -0.0443 e. The molecule has 0 aromatic rings. The summed E-state index contributed by atoms with van der Waals surface area (Å²) in [7, 11) is 0. The first-order chi connectivity index (χ1) is 7.81. The summed E-state index contributed by atoms with van der Waals surface area (Å²) in [6, 6.07) is 0. The van der Waals surface area contributed by atoms with Crippen LogP contribution in [-0.2, 0) is 0 Å². The zero-order valence-electron chi connectivity index (χ0n) is 11.5. The molecule has 0 heterocycles. The van der Waals surface area contributed by atoms with Gasteiger partial charge in [0.05, 0.1) is 0 Å². The Morgan fingerprint density at radius 1 is 0.625 bits per heavy atom. The van der Waals surface area contributed by atoms with Crippen molar-refractivity contribution >= 4 is 0 Å². The van der Waals surface area contributed by atoms with Crippen molar-refractivity contribution in [1.82, 2.24) is 0 Å². The van der Waals surface area contributed by atoms with E-state index in [-0.39, 0.29) is 0 Å². The molecule has 0 amide bonds. The molecule has 0 rings (SSSR count). The van der Waals surface area contributed by atoms with Crippen LogP contribution in [-0.4, -0.2) is 0 Å². The molecule has 0 aliphatic heterocycles. The van der Waals surface area contributed by atoms with E-state index in [1.807, 2.05) is 0 Å². The summed E-state index contributed by atoms with van der Waals surface area (Å²) in [6.45, 7) is 10.2. The van der Waals surface area contributed by atoms with Gasteiger partial charge in [0.25, 0.3) is 0 Å². The fourth-order valence-corrected chi connectivity index (χ4v) is 2.19. The third-order valence-corrected chi connectivity index (χ3v) is 3.39. The monoisotopic (exact) mass is 224 g/mol. The minimum absolute atomic E-state index is 0.942. The van der Waals surface area contributed by atoms with Crippen molar-refractivity contribution in [1.29, 1.82) is 0 Å². The normalized spacial score (nSPS) is 12.9.